The number of ether oxygens (including phenoxy) is 1. The Balaban J connectivity index is 2.58. The van der Waals surface area contributed by atoms with Gasteiger partial charge in [-0.1, -0.05) is 0 Å². The van der Waals surface area contributed by atoms with Gasteiger partial charge in [0.1, 0.15) is 11.3 Å². The highest BCUT2D eigenvalue weighted by molar-refractivity contribution is 5.84. The first-order valence-electron chi connectivity index (χ1n) is 4.64. The van der Waals surface area contributed by atoms with E-state index in [0.29, 0.717) is 13.2 Å². The Morgan fingerprint density at radius 2 is 2.43 bits per heavy atom. The largest absolute Gasteiger partial charge is 0.492 e. The highest BCUT2D eigenvalue weighted by Gasteiger charge is 2.07. The van der Waals surface area contributed by atoms with E-state index in [2.05, 4.69) is 9.97 Å². The summed E-state index contributed by atoms with van der Waals surface area (Å²) in [5.41, 5.74) is 8.43. The zero-order valence-corrected chi connectivity index (χ0v) is 8.08. The number of aromatic amines is 1. The Morgan fingerprint density at radius 3 is 3.14 bits per heavy atom. The average Bonchev–Trinajstić information content (AvgIpc) is 2.62. The van der Waals surface area contributed by atoms with Crippen LogP contribution in [0.3, 0.4) is 0 Å². The first-order valence-corrected chi connectivity index (χ1v) is 4.64. The van der Waals surface area contributed by atoms with Crippen molar-refractivity contribution in [3.63, 3.8) is 0 Å². The van der Waals surface area contributed by atoms with Crippen LogP contribution in [0.5, 0.6) is 5.75 Å². The molecule has 0 saturated carbocycles. The molecule has 3 N–H and O–H groups in total. The summed E-state index contributed by atoms with van der Waals surface area (Å²) in [4.78, 5) is 7.39. The van der Waals surface area contributed by atoms with Crippen LogP contribution in [0.25, 0.3) is 11.0 Å². The Kier molecular flexibility index (Phi) is 2.37. The molecule has 2 aromatic heterocycles. The summed E-state index contributed by atoms with van der Waals surface area (Å²) in [7, 11) is 0. The molecule has 0 fully saturated rings. The van der Waals surface area contributed by atoms with Crippen LogP contribution in [-0.4, -0.2) is 16.6 Å². The number of aromatic nitrogens is 2. The van der Waals surface area contributed by atoms with Crippen LogP contribution in [0.4, 0.5) is 0 Å². The van der Waals surface area contributed by atoms with Crippen molar-refractivity contribution in [1.29, 1.82) is 0 Å². The van der Waals surface area contributed by atoms with Gasteiger partial charge in [-0.25, -0.2) is 0 Å². The van der Waals surface area contributed by atoms with Gasteiger partial charge in [0, 0.05) is 30.6 Å². The first-order chi connectivity index (χ1) is 6.86. The highest BCUT2D eigenvalue weighted by atomic mass is 16.5. The molecule has 0 atom stereocenters. The number of nitrogens with zero attached hydrogens (tertiary/aromatic N) is 1. The smallest absolute Gasteiger partial charge is 0.146 e. The summed E-state index contributed by atoms with van der Waals surface area (Å²) in [6.07, 6.45) is 3.61. The molecule has 14 heavy (non-hydrogen) atoms. The van der Waals surface area contributed by atoms with Crippen LogP contribution < -0.4 is 10.5 Å². The number of hydrogen-bond donors (Lipinski definition) is 2. The zero-order chi connectivity index (χ0) is 9.97. The fraction of sp³-hybridized carbons (Fsp3) is 0.300. The van der Waals surface area contributed by atoms with Gasteiger partial charge in [-0.2, -0.15) is 0 Å². The third kappa shape index (κ3) is 1.33. The molecule has 4 heteroatoms. The normalized spacial score (nSPS) is 10.7. The van der Waals surface area contributed by atoms with E-state index in [1.807, 2.05) is 19.2 Å². The number of nitrogens with two attached hydrogens (primary N) is 1. The SMILES string of the molecule is CCOc1ccnc2c(CN)c[nH]c12. The standard InChI is InChI=1S/C10H13N3O/c1-2-14-8-3-4-12-9-7(5-11)6-13-10(8)9/h3-4,6,13H,2,5,11H2,1H3. The van der Waals surface area contributed by atoms with Gasteiger partial charge in [0.05, 0.1) is 12.1 Å². The lowest BCUT2D eigenvalue weighted by molar-refractivity contribution is 0.343. The molecule has 74 valence electrons. The van der Waals surface area contributed by atoms with Crippen LogP contribution in [0.1, 0.15) is 12.5 Å². The monoisotopic (exact) mass is 191 g/mol. The molecule has 0 aromatic carbocycles. The Labute approximate surface area is 82.1 Å². The molecule has 0 unspecified atom stereocenters. The van der Waals surface area contributed by atoms with Gasteiger partial charge < -0.3 is 15.5 Å². The maximum atomic E-state index is 5.58. The van der Waals surface area contributed by atoms with Crippen LogP contribution in [-0.2, 0) is 6.54 Å². The lowest BCUT2D eigenvalue weighted by Gasteiger charge is -2.03. The number of H-pyrrole nitrogens is 1. The molecule has 2 aromatic rings. The van der Waals surface area contributed by atoms with Crippen LogP contribution >= 0.6 is 0 Å². The second-order valence-corrected chi connectivity index (χ2v) is 2.98. The quantitative estimate of drug-likeness (QED) is 0.771. The van der Waals surface area contributed by atoms with E-state index >= 15 is 0 Å². The number of rotatable bonds is 3. The topological polar surface area (TPSA) is 63.9 Å². The van der Waals surface area contributed by atoms with Crippen molar-refractivity contribution in [1.82, 2.24) is 9.97 Å². The Bertz CT molecular complexity index is 436. The van der Waals surface area contributed by atoms with Crippen molar-refractivity contribution < 1.29 is 4.74 Å². The van der Waals surface area contributed by atoms with E-state index in [0.717, 1.165) is 22.3 Å². The van der Waals surface area contributed by atoms with Crippen molar-refractivity contribution >= 4 is 11.0 Å². The first kappa shape index (κ1) is 9.02. The Morgan fingerprint density at radius 1 is 1.57 bits per heavy atom. The third-order valence-corrected chi connectivity index (χ3v) is 2.13. The predicted octanol–water partition coefficient (Wildman–Crippen LogP) is 1.42. The highest BCUT2D eigenvalue weighted by Crippen LogP contribution is 2.24. The summed E-state index contributed by atoms with van der Waals surface area (Å²) in [5.74, 6) is 0.831. The predicted molar refractivity (Wildman–Crippen MR) is 55.2 cm³/mol. The van der Waals surface area contributed by atoms with Crippen molar-refractivity contribution in [2.24, 2.45) is 5.73 Å². The molecular weight excluding hydrogens is 178 g/mol. The average molecular weight is 191 g/mol. The zero-order valence-electron chi connectivity index (χ0n) is 8.08. The fourth-order valence-electron chi connectivity index (χ4n) is 1.49. The molecule has 0 aliphatic heterocycles. The van der Waals surface area contributed by atoms with Gasteiger partial charge in [-0.3, -0.25) is 4.98 Å². The molecular formula is C10H13N3O. The van der Waals surface area contributed by atoms with E-state index in [1.54, 1.807) is 6.20 Å². The third-order valence-electron chi connectivity index (χ3n) is 2.13. The summed E-state index contributed by atoms with van der Waals surface area (Å²) in [5, 5.41) is 0. The van der Waals surface area contributed by atoms with Gasteiger partial charge in [-0.05, 0) is 6.92 Å². The van der Waals surface area contributed by atoms with Crippen molar-refractivity contribution in [2.75, 3.05) is 6.61 Å². The molecule has 0 bridgehead atoms. The van der Waals surface area contributed by atoms with Gasteiger partial charge in [0.25, 0.3) is 0 Å². The van der Waals surface area contributed by atoms with Crippen molar-refractivity contribution in [3.05, 3.63) is 24.0 Å². The van der Waals surface area contributed by atoms with Gasteiger partial charge in [0.2, 0.25) is 0 Å². The minimum Gasteiger partial charge on any atom is -0.492 e. The van der Waals surface area contributed by atoms with Crippen LogP contribution in [0, 0.1) is 0 Å². The van der Waals surface area contributed by atoms with Crippen LogP contribution in [0.15, 0.2) is 18.5 Å². The fourth-order valence-corrected chi connectivity index (χ4v) is 1.49. The number of pyridine rings is 1. The second kappa shape index (κ2) is 3.67. The molecule has 2 rings (SSSR count). The molecule has 0 aliphatic carbocycles. The van der Waals surface area contributed by atoms with E-state index in [-0.39, 0.29) is 0 Å². The molecule has 0 aliphatic rings. The summed E-state index contributed by atoms with van der Waals surface area (Å²) < 4.78 is 5.46. The van der Waals surface area contributed by atoms with E-state index < -0.39 is 0 Å². The number of hydrogen-bond acceptors (Lipinski definition) is 3. The van der Waals surface area contributed by atoms with E-state index in [1.165, 1.54) is 0 Å². The number of nitrogens with one attached hydrogen (secondary N) is 1. The molecule has 0 radical (unpaired) electrons. The second-order valence-electron chi connectivity index (χ2n) is 2.98. The van der Waals surface area contributed by atoms with E-state index in [9.17, 15) is 0 Å². The van der Waals surface area contributed by atoms with Crippen LogP contribution in [0.2, 0.25) is 0 Å². The Hall–Kier alpha value is -1.55. The molecule has 4 nitrogen and oxygen atoms in total. The number of fused-ring (bicyclic) bond motifs is 1. The maximum absolute atomic E-state index is 5.58. The van der Waals surface area contributed by atoms with Gasteiger partial charge >= 0.3 is 0 Å². The van der Waals surface area contributed by atoms with Gasteiger partial charge in [-0.15, -0.1) is 0 Å². The molecule has 0 saturated heterocycles. The van der Waals surface area contributed by atoms with E-state index in [4.69, 9.17) is 10.5 Å². The van der Waals surface area contributed by atoms with Crippen molar-refractivity contribution in [2.45, 2.75) is 13.5 Å². The minimum atomic E-state index is 0.489. The molecule has 0 amide bonds. The lowest BCUT2D eigenvalue weighted by atomic mass is 10.2. The van der Waals surface area contributed by atoms with Gasteiger partial charge in [0.15, 0.2) is 0 Å². The molecule has 2 heterocycles. The summed E-state index contributed by atoms with van der Waals surface area (Å²) in [6.45, 7) is 3.09. The molecule has 0 spiro atoms. The minimum absolute atomic E-state index is 0.489. The summed E-state index contributed by atoms with van der Waals surface area (Å²) >= 11 is 0. The lowest BCUT2D eigenvalue weighted by Crippen LogP contribution is -1.96. The van der Waals surface area contributed by atoms with Crippen molar-refractivity contribution in [3.8, 4) is 5.75 Å². The summed E-state index contributed by atoms with van der Waals surface area (Å²) in [6, 6.07) is 1.85. The maximum Gasteiger partial charge on any atom is 0.146 e.